The molecule has 1 atom stereocenters. The van der Waals surface area contributed by atoms with Gasteiger partial charge in [-0.3, -0.25) is 4.79 Å². The average molecular weight is 270 g/mol. The van der Waals surface area contributed by atoms with Crippen molar-refractivity contribution in [2.75, 3.05) is 18.0 Å². The second-order valence-corrected chi connectivity index (χ2v) is 5.33. The number of aliphatic carboxylic acids is 1. The number of carboxylic acids is 1. The molecule has 0 radical (unpaired) electrons. The van der Waals surface area contributed by atoms with Gasteiger partial charge < -0.3 is 15.1 Å². The van der Waals surface area contributed by atoms with Crippen molar-refractivity contribution < 1.29 is 15.0 Å². The second kappa shape index (κ2) is 4.78. The van der Waals surface area contributed by atoms with Crippen LogP contribution < -0.4 is 4.90 Å². The number of anilines is 1. The molecule has 18 heavy (non-hydrogen) atoms. The molecule has 0 aliphatic carbocycles. The van der Waals surface area contributed by atoms with Crippen LogP contribution in [0.15, 0.2) is 18.2 Å². The predicted molar refractivity (Wildman–Crippen MR) is 70.2 cm³/mol. The number of β-amino-alcohol motifs (C(OH)–C–C–N with tert-alkyl or cyclic N) is 1. The van der Waals surface area contributed by atoms with Gasteiger partial charge in [-0.1, -0.05) is 17.7 Å². The number of carbonyl (C=O) groups is 1. The lowest BCUT2D eigenvalue weighted by Crippen LogP contribution is -2.35. The summed E-state index contributed by atoms with van der Waals surface area (Å²) in [5.41, 5.74) is 0.892. The molecule has 2 N–H and O–H groups in total. The summed E-state index contributed by atoms with van der Waals surface area (Å²) in [7, 11) is 0. The zero-order valence-corrected chi connectivity index (χ0v) is 10.9. The second-order valence-electron chi connectivity index (χ2n) is 4.90. The van der Waals surface area contributed by atoms with Crippen LogP contribution in [0, 0.1) is 6.92 Å². The number of hydrogen-bond acceptors (Lipinski definition) is 3. The first-order valence-corrected chi connectivity index (χ1v) is 6.23. The zero-order valence-electron chi connectivity index (χ0n) is 10.2. The van der Waals surface area contributed by atoms with Crippen LogP contribution in [0.4, 0.5) is 5.69 Å². The number of nitrogens with zero attached hydrogens (tertiary/aromatic N) is 1. The third kappa shape index (κ3) is 2.76. The van der Waals surface area contributed by atoms with Gasteiger partial charge in [-0.05, 0) is 31.0 Å². The molecule has 1 saturated heterocycles. The van der Waals surface area contributed by atoms with E-state index in [1.54, 1.807) is 0 Å². The Kier molecular flexibility index (Phi) is 3.50. The van der Waals surface area contributed by atoms with Crippen LogP contribution in [0.2, 0.25) is 5.02 Å². The van der Waals surface area contributed by atoms with Crippen molar-refractivity contribution in [1.29, 1.82) is 0 Å². The fraction of sp³-hybridized carbons (Fsp3) is 0.462. The standard InChI is InChI=1S/C13H16ClNO3/c1-9-2-3-10(14)6-11(9)15-5-4-13(18,8-15)7-12(16)17/h2-3,6,18H,4-5,7-8H2,1H3,(H,16,17). The minimum Gasteiger partial charge on any atom is -0.481 e. The van der Waals surface area contributed by atoms with Crippen LogP contribution in [0.5, 0.6) is 0 Å². The molecule has 1 fully saturated rings. The maximum Gasteiger partial charge on any atom is 0.306 e. The van der Waals surface area contributed by atoms with Gasteiger partial charge >= 0.3 is 5.97 Å². The van der Waals surface area contributed by atoms with Crippen LogP contribution in [0.3, 0.4) is 0 Å². The lowest BCUT2D eigenvalue weighted by Gasteiger charge is -2.24. The molecule has 2 rings (SSSR count). The summed E-state index contributed by atoms with van der Waals surface area (Å²) in [4.78, 5) is 12.7. The molecule has 0 aromatic heterocycles. The van der Waals surface area contributed by atoms with Gasteiger partial charge in [0, 0.05) is 23.8 Å². The number of aryl methyl sites for hydroxylation is 1. The summed E-state index contributed by atoms with van der Waals surface area (Å²) in [5, 5.41) is 19.6. The van der Waals surface area contributed by atoms with E-state index in [1.165, 1.54) is 0 Å². The molecule has 1 aromatic rings. The van der Waals surface area contributed by atoms with Crippen LogP contribution in [-0.4, -0.2) is 34.9 Å². The maximum atomic E-state index is 10.7. The van der Waals surface area contributed by atoms with Gasteiger partial charge in [0.15, 0.2) is 0 Å². The Morgan fingerprint density at radius 1 is 1.56 bits per heavy atom. The van der Waals surface area contributed by atoms with Gasteiger partial charge in [0.05, 0.1) is 12.0 Å². The Morgan fingerprint density at radius 2 is 2.28 bits per heavy atom. The number of aliphatic hydroxyl groups is 1. The summed E-state index contributed by atoms with van der Waals surface area (Å²) in [5.74, 6) is -0.970. The van der Waals surface area contributed by atoms with Crippen LogP contribution >= 0.6 is 11.6 Å². The van der Waals surface area contributed by atoms with Crippen LogP contribution in [-0.2, 0) is 4.79 Å². The van der Waals surface area contributed by atoms with E-state index < -0.39 is 11.6 Å². The monoisotopic (exact) mass is 269 g/mol. The van der Waals surface area contributed by atoms with Crippen LogP contribution in [0.1, 0.15) is 18.4 Å². The number of benzene rings is 1. The maximum absolute atomic E-state index is 10.7. The lowest BCUT2D eigenvalue weighted by atomic mass is 9.99. The van der Waals surface area contributed by atoms with Gasteiger partial charge in [-0.25, -0.2) is 0 Å². The molecule has 0 spiro atoms. The topological polar surface area (TPSA) is 60.8 Å². The molecule has 1 aromatic carbocycles. The van der Waals surface area contributed by atoms with E-state index in [2.05, 4.69) is 0 Å². The highest BCUT2D eigenvalue weighted by Crippen LogP contribution is 2.32. The highest BCUT2D eigenvalue weighted by molar-refractivity contribution is 6.30. The Hall–Kier alpha value is -1.26. The van der Waals surface area contributed by atoms with Crippen molar-refractivity contribution in [1.82, 2.24) is 0 Å². The molecular formula is C13H16ClNO3. The number of hydrogen-bond donors (Lipinski definition) is 2. The quantitative estimate of drug-likeness (QED) is 0.882. The van der Waals surface area contributed by atoms with Crippen molar-refractivity contribution >= 4 is 23.3 Å². The molecule has 0 amide bonds. The minimum atomic E-state index is -1.14. The van der Waals surface area contributed by atoms with Crippen molar-refractivity contribution in [2.45, 2.75) is 25.4 Å². The minimum absolute atomic E-state index is 0.219. The van der Waals surface area contributed by atoms with E-state index in [0.717, 1.165) is 11.3 Å². The largest absolute Gasteiger partial charge is 0.481 e. The van der Waals surface area contributed by atoms with E-state index in [9.17, 15) is 9.90 Å². The van der Waals surface area contributed by atoms with Crippen molar-refractivity contribution in [2.24, 2.45) is 0 Å². The molecule has 5 heteroatoms. The van der Waals surface area contributed by atoms with E-state index >= 15 is 0 Å². The average Bonchev–Trinajstić information content (AvgIpc) is 2.63. The molecule has 98 valence electrons. The fourth-order valence-electron chi connectivity index (χ4n) is 2.41. The van der Waals surface area contributed by atoms with Gasteiger partial charge in [0.25, 0.3) is 0 Å². The Morgan fingerprint density at radius 3 is 2.94 bits per heavy atom. The fourth-order valence-corrected chi connectivity index (χ4v) is 2.58. The number of rotatable bonds is 3. The number of halogens is 1. The van der Waals surface area contributed by atoms with Crippen LogP contribution in [0.25, 0.3) is 0 Å². The molecule has 1 aliphatic rings. The predicted octanol–water partition coefficient (Wildman–Crippen LogP) is 2.06. The van der Waals surface area contributed by atoms with Gasteiger partial charge in [-0.2, -0.15) is 0 Å². The lowest BCUT2D eigenvalue weighted by molar-refractivity contribution is -0.141. The summed E-state index contributed by atoms with van der Waals surface area (Å²) < 4.78 is 0. The normalized spacial score (nSPS) is 23.4. The summed E-state index contributed by atoms with van der Waals surface area (Å²) in [6, 6.07) is 5.59. The highest BCUT2D eigenvalue weighted by atomic mass is 35.5. The van der Waals surface area contributed by atoms with Crippen molar-refractivity contribution in [3.63, 3.8) is 0 Å². The third-order valence-corrected chi connectivity index (χ3v) is 3.56. The first kappa shape index (κ1) is 13.2. The molecule has 4 nitrogen and oxygen atoms in total. The molecule has 1 aliphatic heterocycles. The molecule has 1 heterocycles. The van der Waals surface area contributed by atoms with Gasteiger partial charge in [0.1, 0.15) is 0 Å². The Balaban J connectivity index is 2.17. The smallest absolute Gasteiger partial charge is 0.306 e. The van der Waals surface area contributed by atoms with E-state index in [4.69, 9.17) is 16.7 Å². The highest BCUT2D eigenvalue weighted by Gasteiger charge is 2.38. The third-order valence-electron chi connectivity index (χ3n) is 3.32. The van der Waals surface area contributed by atoms with Crippen molar-refractivity contribution in [3.8, 4) is 0 Å². The summed E-state index contributed by atoms with van der Waals surface area (Å²) >= 11 is 5.97. The Labute approximate surface area is 111 Å². The Bertz CT molecular complexity index is 477. The zero-order chi connectivity index (χ0) is 13.3. The van der Waals surface area contributed by atoms with E-state index in [1.807, 2.05) is 30.0 Å². The molecular weight excluding hydrogens is 254 g/mol. The van der Waals surface area contributed by atoms with Crippen molar-refractivity contribution in [3.05, 3.63) is 28.8 Å². The van der Waals surface area contributed by atoms with E-state index in [0.29, 0.717) is 24.5 Å². The van der Waals surface area contributed by atoms with Gasteiger partial charge in [-0.15, -0.1) is 0 Å². The first-order chi connectivity index (χ1) is 8.39. The first-order valence-electron chi connectivity index (χ1n) is 5.85. The number of carboxylic acid groups (broad SMARTS) is 1. The molecule has 0 bridgehead atoms. The van der Waals surface area contributed by atoms with Gasteiger partial charge in [0.2, 0.25) is 0 Å². The summed E-state index contributed by atoms with van der Waals surface area (Å²) in [6.45, 7) is 2.95. The molecule has 0 saturated carbocycles. The summed E-state index contributed by atoms with van der Waals surface area (Å²) in [6.07, 6.45) is 0.244. The SMILES string of the molecule is Cc1ccc(Cl)cc1N1CCC(O)(CC(=O)O)C1. The molecule has 1 unspecified atom stereocenters. The van der Waals surface area contributed by atoms with E-state index in [-0.39, 0.29) is 6.42 Å².